The molecule has 518 valence electrons. The number of benzene rings is 3. The zero-order valence-electron chi connectivity index (χ0n) is 53.2. The number of hydrogen-bond donors (Lipinski definition) is 14. The number of fused-ring (bicyclic) bond motifs is 2. The van der Waals surface area contributed by atoms with Crippen molar-refractivity contribution in [2.45, 2.75) is 151 Å². The molecule has 14 atom stereocenters. The van der Waals surface area contributed by atoms with E-state index < -0.39 is 183 Å². The van der Waals surface area contributed by atoms with Gasteiger partial charge < -0.3 is 112 Å². The summed E-state index contributed by atoms with van der Waals surface area (Å²) < 4.78 is 20.2. The Balaban J connectivity index is 0.0000143. The molecule has 13 unspecified atom stereocenters. The van der Waals surface area contributed by atoms with Gasteiger partial charge in [-0.3, -0.25) is 43.4 Å². The van der Waals surface area contributed by atoms with Crippen LogP contribution >= 0.6 is 12.3 Å². The van der Waals surface area contributed by atoms with Gasteiger partial charge in [0.25, 0.3) is 18.2 Å². The summed E-state index contributed by atoms with van der Waals surface area (Å²) >= 11 is -0.0818. The van der Waals surface area contributed by atoms with Crippen molar-refractivity contribution in [2.75, 3.05) is 75.9 Å². The van der Waals surface area contributed by atoms with Crippen molar-refractivity contribution in [1.82, 2.24) is 36.4 Å². The van der Waals surface area contributed by atoms with E-state index in [9.17, 15) is 84.5 Å². The number of aromatic hydroxyl groups is 1. The maximum atomic E-state index is 14.7. The van der Waals surface area contributed by atoms with Crippen LogP contribution in [0, 0.1) is 5.92 Å². The van der Waals surface area contributed by atoms with E-state index in [0.29, 0.717) is 32.8 Å². The van der Waals surface area contributed by atoms with Crippen LogP contribution in [0.5, 0.6) is 17.2 Å². The third-order valence-electron chi connectivity index (χ3n) is 16.9. The first-order valence-electron chi connectivity index (χ1n) is 31.0. The minimum absolute atomic E-state index is 0. The molecule has 95 heavy (non-hydrogen) atoms. The van der Waals surface area contributed by atoms with E-state index in [1.165, 1.54) is 25.5 Å². The van der Waals surface area contributed by atoms with E-state index in [4.69, 9.17) is 19.4 Å². The number of hydrogen-bond acceptors (Lipinski definition) is 25. The second kappa shape index (κ2) is 37.2. The largest absolute Gasteiger partial charge is 1.00 e. The Morgan fingerprint density at radius 3 is 1.93 bits per heavy atom. The molecule has 0 spiro atoms. The van der Waals surface area contributed by atoms with Crippen molar-refractivity contribution < 1.29 is 137 Å². The Labute approximate surface area is 574 Å². The van der Waals surface area contributed by atoms with Crippen LogP contribution in [0.25, 0.3) is 0 Å². The maximum Gasteiger partial charge on any atom is 1.00 e. The smallest absolute Gasteiger partial charge is 0.691 e. The maximum absolute atomic E-state index is 14.7. The molecule has 0 bridgehead atoms. The fourth-order valence-electron chi connectivity index (χ4n) is 11.7. The molecule has 34 heteroatoms. The van der Waals surface area contributed by atoms with Gasteiger partial charge in [0.2, 0.25) is 41.4 Å². The number of β-amino-alcohol motifs (C(OH)–C–C–N with tert-alkyl or cyclic N) is 1. The van der Waals surface area contributed by atoms with Gasteiger partial charge in [-0.05, 0) is 86.0 Å². The Kier molecular flexibility index (Phi) is 30.3. The molecule has 4 aliphatic rings. The van der Waals surface area contributed by atoms with Gasteiger partial charge in [-0.15, -0.1) is 4.33 Å². The van der Waals surface area contributed by atoms with E-state index in [1.54, 1.807) is 19.2 Å². The first kappa shape index (κ1) is 77.3. The Hall–Kier alpha value is -6.67. The molecule has 8 amide bonds. The summed E-state index contributed by atoms with van der Waals surface area (Å²) in [6.45, 7) is 4.80. The number of phenolic OH excluding ortho intramolecular Hbond substituents is 1. The number of anilines is 2. The number of primary amides is 1. The van der Waals surface area contributed by atoms with Crippen molar-refractivity contribution in [3.8, 4) is 17.2 Å². The number of unbranched alkanes of at least 4 members (excludes halogenated alkanes) is 5. The Morgan fingerprint density at radius 1 is 0.726 bits per heavy atom. The number of piperazine rings is 1. The number of nitrogens with two attached hydrogens (primary N) is 1. The molecule has 4 aliphatic heterocycles. The van der Waals surface area contributed by atoms with E-state index >= 15 is 0 Å². The predicted molar refractivity (Wildman–Crippen MR) is 331 cm³/mol. The first-order valence-corrected chi connectivity index (χ1v) is 31.7. The normalized spacial score (nSPS) is 25.5. The van der Waals surface area contributed by atoms with Crippen LogP contribution in [0.3, 0.4) is 0 Å². The van der Waals surface area contributed by atoms with E-state index in [1.807, 2.05) is 24.3 Å². The number of rotatable bonds is 25. The monoisotopic (exact) mass is 1360 g/mol. The molecular weight excluding hydrogens is 1280 g/mol. The zero-order chi connectivity index (χ0) is 68.3. The van der Waals surface area contributed by atoms with E-state index in [2.05, 4.69) is 45.8 Å². The molecule has 0 radical (unpaired) electrons. The van der Waals surface area contributed by atoms with Crippen LogP contribution < -0.4 is 85.9 Å². The number of carbonyl (C=O) groups is 8. The number of aliphatic hydroxyl groups excluding tert-OH is 7. The van der Waals surface area contributed by atoms with Crippen molar-refractivity contribution >= 4 is 71.0 Å². The van der Waals surface area contributed by atoms with Gasteiger partial charge in [-0.1, -0.05) is 38.7 Å². The van der Waals surface area contributed by atoms with Gasteiger partial charge in [-0.2, -0.15) is 0 Å². The molecule has 0 aromatic heterocycles. The standard InChI is InChI=1S/C61H86N10O22S.Na/c1-33-31-71-51(52(33)78)59(85)63-30-39(73)27-42(64-55(81)35-10-13-37(14-11-35)68-20-22-69(23-21-68)38-15-17-41(18-16-38)90-25-9-7-5-4-6-8-24-89-3)56(82)65-48(34(2)72)60(86)70-32-40(74)28-43(70)57(83)67-50(58(84)66-49(61(71)87)45(76)29-47(62)77)54(80)53(79)36-12-19-44(75)46(26-36)91-94-93-92-88;/h10-19,26,33-34,39-40,42-43,45,48-54,72-76,78-80,88H,4-9,20-25,27-32H2,1-3H3,(H2,62,77)(H,63,85)(H,64,81)(H,65,82)(H,66,84)(H,67,83);/q;+1/p-1/t33?,34?,39?,40?,42-,43?,45?,48?,49?,50?,51?,52?,53?,54?;/m0./s1. The minimum atomic E-state index is -2.53. The Bertz CT molecular complexity index is 3050. The van der Waals surface area contributed by atoms with Gasteiger partial charge >= 0.3 is 29.6 Å². The summed E-state index contributed by atoms with van der Waals surface area (Å²) in [5.74, 6) is -11.0. The fourth-order valence-corrected chi connectivity index (χ4v) is 12.0. The summed E-state index contributed by atoms with van der Waals surface area (Å²) in [4.78, 5) is 120. The van der Waals surface area contributed by atoms with Crippen molar-refractivity contribution in [2.24, 2.45) is 11.7 Å². The van der Waals surface area contributed by atoms with Gasteiger partial charge in [-0.25, -0.2) is 0 Å². The molecule has 3 aromatic carbocycles. The molecule has 7 rings (SSSR count). The zero-order valence-corrected chi connectivity index (χ0v) is 56.0. The third-order valence-corrected chi connectivity index (χ3v) is 17.3. The van der Waals surface area contributed by atoms with Crippen LogP contribution in [0.1, 0.15) is 93.7 Å². The minimum Gasteiger partial charge on any atom is -0.691 e. The number of amides is 8. The van der Waals surface area contributed by atoms with Crippen LogP contribution in [0.2, 0.25) is 0 Å². The van der Waals surface area contributed by atoms with Crippen molar-refractivity contribution in [1.29, 1.82) is 0 Å². The molecule has 0 aliphatic carbocycles. The molecule has 0 saturated carbocycles. The molecular formula is C61H85N10NaO22S. The van der Waals surface area contributed by atoms with E-state index in [-0.39, 0.29) is 53.0 Å². The number of aliphatic hydroxyl groups is 7. The molecule has 3 aromatic rings. The number of phenols is 1. The summed E-state index contributed by atoms with van der Waals surface area (Å²) in [7, 11) is 1.71. The summed E-state index contributed by atoms with van der Waals surface area (Å²) in [6.07, 6.45) is -9.44. The van der Waals surface area contributed by atoms with Crippen LogP contribution in [0.4, 0.5) is 11.4 Å². The Morgan fingerprint density at radius 2 is 1.32 bits per heavy atom. The summed E-state index contributed by atoms with van der Waals surface area (Å²) in [5, 5.41) is 116. The number of ether oxygens (including phenoxy) is 2. The summed E-state index contributed by atoms with van der Waals surface area (Å²) in [5.41, 5.74) is 6.92. The molecule has 4 heterocycles. The van der Waals surface area contributed by atoms with Crippen LogP contribution in [-0.4, -0.2) is 237 Å². The average molecular weight is 1370 g/mol. The van der Waals surface area contributed by atoms with Gasteiger partial charge in [0.1, 0.15) is 54.2 Å². The second-order valence-corrected chi connectivity index (χ2v) is 24.3. The fraction of sp³-hybridized carbons (Fsp3) is 0.574. The second-order valence-electron chi connectivity index (χ2n) is 23.8. The summed E-state index contributed by atoms with van der Waals surface area (Å²) in [6, 6.07) is 5.12. The third kappa shape index (κ3) is 21.2. The first-order chi connectivity index (χ1) is 44.9. The average Bonchev–Trinajstić information content (AvgIpc) is 1.53. The van der Waals surface area contributed by atoms with E-state index in [0.717, 1.165) is 90.8 Å². The molecule has 4 saturated heterocycles. The quantitative estimate of drug-likeness (QED) is 0.0123. The molecule has 15 N–H and O–H groups in total. The van der Waals surface area contributed by atoms with Crippen LogP contribution in [-0.2, 0) is 47.7 Å². The SMILES string of the molecule is COCCCCCCCCOc1ccc(N2CCN(c3ccc(C(=O)N[C@H]4CC(O)CNC(=O)C5C(O)C(C)CN5C(=O)C(C(O)CC(N)=O)NC(=O)C(C(O)C(O)c5ccc(O)c(OSOO[O-])c5)NC(=O)C5CC(O)CN5C(=O)C(C(C)O)NC4=O)cc3)CC2)cc1.[Na+]. The van der Waals surface area contributed by atoms with Gasteiger partial charge in [0.15, 0.2) is 11.5 Å². The predicted octanol–water partition coefficient (Wildman–Crippen LogP) is -6.43. The number of methoxy groups -OCH3 is 1. The number of nitrogens with one attached hydrogen (secondary N) is 5. The number of carbonyl (C=O) groups excluding carboxylic acids is 8. The van der Waals surface area contributed by atoms with Gasteiger partial charge in [0.05, 0.1) is 43.5 Å². The number of nitrogens with zero attached hydrogens (tertiary/aromatic N) is 4. The topological polar surface area (TPSA) is 467 Å². The van der Waals surface area contributed by atoms with Gasteiger partial charge in [0, 0.05) is 95.2 Å². The molecule has 32 nitrogen and oxygen atoms in total. The molecule has 4 fully saturated rings. The van der Waals surface area contributed by atoms with Crippen molar-refractivity contribution in [3.05, 3.63) is 77.9 Å². The van der Waals surface area contributed by atoms with Crippen LogP contribution in [0.15, 0.2) is 66.7 Å². The van der Waals surface area contributed by atoms with Crippen molar-refractivity contribution in [3.63, 3.8) is 0 Å².